The van der Waals surface area contributed by atoms with Crippen molar-refractivity contribution in [3.8, 4) is 27.9 Å². The highest BCUT2D eigenvalue weighted by atomic mass is 32.1. The number of nitrogens with zero attached hydrogens (tertiary/aromatic N) is 3. The summed E-state index contributed by atoms with van der Waals surface area (Å²) in [4.78, 5) is 17.4. The minimum absolute atomic E-state index is 0.122. The Balaban J connectivity index is 1.48. The molecular formula is C25H26N4O3S. The molecular weight excluding hydrogens is 436 g/mol. The lowest BCUT2D eigenvalue weighted by Crippen LogP contribution is -2.17. The van der Waals surface area contributed by atoms with Gasteiger partial charge in [0.25, 0.3) is 0 Å². The van der Waals surface area contributed by atoms with Gasteiger partial charge in [-0.05, 0) is 62.7 Å². The SMILES string of the molecule is CCOc1ccc(CC(=O)Nc2cc(C)nn2-c2nc(-c3ccc(OCC)cc3)cs2)cc1. The Bertz CT molecular complexity index is 1210. The van der Waals surface area contributed by atoms with Crippen LogP contribution in [-0.4, -0.2) is 33.9 Å². The van der Waals surface area contributed by atoms with Crippen LogP contribution >= 0.6 is 11.3 Å². The number of hydrogen-bond acceptors (Lipinski definition) is 6. The zero-order valence-corrected chi connectivity index (χ0v) is 19.7. The Morgan fingerprint density at radius 1 is 1.00 bits per heavy atom. The third-order valence-corrected chi connectivity index (χ3v) is 5.65. The van der Waals surface area contributed by atoms with Crippen molar-refractivity contribution >= 4 is 23.1 Å². The average molecular weight is 463 g/mol. The molecule has 0 bridgehead atoms. The molecule has 1 N–H and O–H groups in total. The van der Waals surface area contributed by atoms with Gasteiger partial charge in [0.1, 0.15) is 17.3 Å². The van der Waals surface area contributed by atoms with Gasteiger partial charge in [-0.3, -0.25) is 4.79 Å². The highest BCUT2D eigenvalue weighted by Crippen LogP contribution is 2.28. The second-order valence-electron chi connectivity index (χ2n) is 7.36. The zero-order valence-electron chi connectivity index (χ0n) is 18.9. The molecule has 0 saturated heterocycles. The first-order valence-corrected chi connectivity index (χ1v) is 11.7. The van der Waals surface area contributed by atoms with Crippen molar-refractivity contribution in [3.05, 3.63) is 71.2 Å². The van der Waals surface area contributed by atoms with E-state index in [0.29, 0.717) is 24.2 Å². The van der Waals surface area contributed by atoms with Crippen LogP contribution in [0.25, 0.3) is 16.4 Å². The van der Waals surface area contributed by atoms with Crippen LogP contribution in [0.4, 0.5) is 5.82 Å². The molecule has 0 fully saturated rings. The Morgan fingerprint density at radius 2 is 1.64 bits per heavy atom. The van der Waals surface area contributed by atoms with E-state index in [2.05, 4.69) is 10.4 Å². The Hall–Kier alpha value is -3.65. The van der Waals surface area contributed by atoms with Crippen molar-refractivity contribution in [2.24, 2.45) is 0 Å². The highest BCUT2D eigenvalue weighted by molar-refractivity contribution is 7.12. The molecule has 2 aromatic carbocycles. The van der Waals surface area contributed by atoms with Crippen molar-refractivity contribution < 1.29 is 14.3 Å². The summed E-state index contributed by atoms with van der Waals surface area (Å²) >= 11 is 1.47. The van der Waals surface area contributed by atoms with E-state index in [1.807, 2.05) is 80.7 Å². The number of hydrogen-bond donors (Lipinski definition) is 1. The number of carbonyl (C=O) groups excluding carboxylic acids is 1. The maximum absolute atomic E-state index is 12.7. The number of rotatable bonds is 9. The van der Waals surface area contributed by atoms with Gasteiger partial charge < -0.3 is 14.8 Å². The summed E-state index contributed by atoms with van der Waals surface area (Å²) < 4.78 is 12.6. The van der Waals surface area contributed by atoms with Crippen LogP contribution < -0.4 is 14.8 Å². The topological polar surface area (TPSA) is 78.3 Å². The molecule has 170 valence electrons. The molecule has 0 aliphatic carbocycles. The standard InChI is InChI=1S/C25H26N4O3S/c1-4-31-20-10-6-18(7-11-20)15-24(30)27-23-14-17(3)28-29(23)25-26-22(16-33-25)19-8-12-21(13-9-19)32-5-2/h6-14,16H,4-5,15H2,1-3H3,(H,27,30). The fraction of sp³-hybridized carbons (Fsp3) is 0.240. The van der Waals surface area contributed by atoms with Crippen LogP contribution in [0.3, 0.4) is 0 Å². The van der Waals surface area contributed by atoms with Crippen molar-refractivity contribution in [3.63, 3.8) is 0 Å². The monoisotopic (exact) mass is 462 g/mol. The molecule has 0 unspecified atom stereocenters. The van der Waals surface area contributed by atoms with Crippen molar-refractivity contribution in [1.29, 1.82) is 0 Å². The van der Waals surface area contributed by atoms with Crippen LogP contribution in [0.1, 0.15) is 25.1 Å². The van der Waals surface area contributed by atoms with Gasteiger partial charge in [0.2, 0.25) is 11.0 Å². The Kier molecular flexibility index (Phi) is 7.04. The fourth-order valence-electron chi connectivity index (χ4n) is 3.36. The molecule has 0 atom stereocenters. The van der Waals surface area contributed by atoms with Crippen molar-refractivity contribution in [2.45, 2.75) is 27.2 Å². The third kappa shape index (κ3) is 5.59. The Labute approximate surface area is 197 Å². The minimum Gasteiger partial charge on any atom is -0.494 e. The predicted octanol–water partition coefficient (Wildman–Crippen LogP) is 5.28. The third-order valence-electron chi connectivity index (χ3n) is 4.83. The van der Waals surface area contributed by atoms with E-state index in [-0.39, 0.29) is 12.3 Å². The van der Waals surface area contributed by atoms with E-state index in [0.717, 1.165) is 34.0 Å². The average Bonchev–Trinajstić information content (AvgIpc) is 3.43. The summed E-state index contributed by atoms with van der Waals surface area (Å²) in [6.07, 6.45) is 0.256. The lowest BCUT2D eigenvalue weighted by Gasteiger charge is -2.08. The van der Waals surface area contributed by atoms with Crippen LogP contribution in [0.2, 0.25) is 0 Å². The molecule has 0 aliphatic heterocycles. The van der Waals surface area contributed by atoms with Gasteiger partial charge in [0.05, 0.1) is 31.0 Å². The number of aromatic nitrogens is 3. The van der Waals surface area contributed by atoms with Crippen molar-refractivity contribution in [1.82, 2.24) is 14.8 Å². The van der Waals surface area contributed by atoms with Crippen LogP contribution in [-0.2, 0) is 11.2 Å². The maximum Gasteiger partial charge on any atom is 0.229 e. The van der Waals surface area contributed by atoms with Gasteiger partial charge in [0, 0.05) is 17.0 Å². The molecule has 8 heteroatoms. The highest BCUT2D eigenvalue weighted by Gasteiger charge is 2.15. The van der Waals surface area contributed by atoms with E-state index < -0.39 is 0 Å². The Morgan fingerprint density at radius 3 is 2.27 bits per heavy atom. The number of anilines is 1. The predicted molar refractivity (Wildman–Crippen MR) is 131 cm³/mol. The molecule has 2 heterocycles. The van der Waals surface area contributed by atoms with E-state index in [4.69, 9.17) is 14.5 Å². The van der Waals surface area contributed by atoms with Gasteiger partial charge in [-0.15, -0.1) is 11.3 Å². The minimum atomic E-state index is -0.122. The number of thiazole rings is 1. The molecule has 0 radical (unpaired) electrons. The normalized spacial score (nSPS) is 10.8. The molecule has 1 amide bonds. The molecule has 2 aromatic heterocycles. The number of nitrogens with one attached hydrogen (secondary N) is 1. The second-order valence-corrected chi connectivity index (χ2v) is 8.19. The summed E-state index contributed by atoms with van der Waals surface area (Å²) in [5.41, 5.74) is 3.54. The molecule has 7 nitrogen and oxygen atoms in total. The largest absolute Gasteiger partial charge is 0.494 e. The maximum atomic E-state index is 12.7. The van der Waals surface area contributed by atoms with Crippen LogP contribution in [0.5, 0.6) is 11.5 Å². The van der Waals surface area contributed by atoms with Gasteiger partial charge in [-0.2, -0.15) is 9.78 Å². The molecule has 33 heavy (non-hydrogen) atoms. The summed E-state index contributed by atoms with van der Waals surface area (Å²) in [6.45, 7) is 7.03. The summed E-state index contributed by atoms with van der Waals surface area (Å²) in [6, 6.07) is 17.2. The molecule has 0 spiro atoms. The van der Waals surface area contributed by atoms with Gasteiger partial charge >= 0.3 is 0 Å². The summed E-state index contributed by atoms with van der Waals surface area (Å²) in [5.74, 6) is 2.10. The number of carbonyl (C=O) groups is 1. The number of aryl methyl sites for hydroxylation is 1. The molecule has 0 saturated carbocycles. The fourth-order valence-corrected chi connectivity index (χ4v) is 4.16. The van der Waals surface area contributed by atoms with Gasteiger partial charge in [0.15, 0.2) is 0 Å². The molecule has 0 aliphatic rings. The quantitative estimate of drug-likeness (QED) is 0.366. The first kappa shape index (κ1) is 22.5. The molecule has 4 aromatic rings. The number of benzene rings is 2. The van der Waals surface area contributed by atoms with Gasteiger partial charge in [-0.25, -0.2) is 4.98 Å². The van der Waals surface area contributed by atoms with Gasteiger partial charge in [-0.1, -0.05) is 12.1 Å². The lowest BCUT2D eigenvalue weighted by molar-refractivity contribution is -0.115. The van der Waals surface area contributed by atoms with Crippen LogP contribution in [0.15, 0.2) is 60.0 Å². The first-order valence-electron chi connectivity index (χ1n) is 10.8. The van der Waals surface area contributed by atoms with E-state index in [9.17, 15) is 4.79 Å². The van der Waals surface area contributed by atoms with E-state index >= 15 is 0 Å². The van der Waals surface area contributed by atoms with E-state index in [1.54, 1.807) is 4.68 Å². The summed E-state index contributed by atoms with van der Waals surface area (Å²) in [7, 11) is 0. The number of amides is 1. The van der Waals surface area contributed by atoms with Crippen LogP contribution in [0, 0.1) is 6.92 Å². The van der Waals surface area contributed by atoms with Crippen molar-refractivity contribution in [2.75, 3.05) is 18.5 Å². The first-order chi connectivity index (χ1) is 16.1. The smallest absolute Gasteiger partial charge is 0.229 e. The summed E-state index contributed by atoms with van der Waals surface area (Å²) in [5, 5.41) is 10.2. The second kappa shape index (κ2) is 10.3. The number of ether oxygens (including phenoxy) is 2. The van der Waals surface area contributed by atoms with E-state index in [1.165, 1.54) is 11.3 Å². The zero-order chi connectivity index (χ0) is 23.2. The molecule has 4 rings (SSSR count). The lowest BCUT2D eigenvalue weighted by atomic mass is 10.1.